The summed E-state index contributed by atoms with van der Waals surface area (Å²) in [6.45, 7) is 4.15. The van der Waals surface area contributed by atoms with Gasteiger partial charge in [-0.15, -0.1) is 0 Å². The Morgan fingerprint density at radius 1 is 1.41 bits per heavy atom. The quantitative estimate of drug-likeness (QED) is 0.616. The molecule has 2 aliphatic rings. The molecule has 9 nitrogen and oxygen atoms in total. The number of hydrogen-bond acceptors (Lipinski definition) is 8. The lowest BCUT2D eigenvalue weighted by Crippen LogP contribution is -2.44. The van der Waals surface area contributed by atoms with Crippen LogP contribution in [0.15, 0.2) is 18.6 Å². The van der Waals surface area contributed by atoms with Crippen molar-refractivity contribution >= 4 is 34.6 Å². The van der Waals surface area contributed by atoms with Crippen molar-refractivity contribution in [1.82, 2.24) is 14.5 Å². The Labute approximate surface area is 172 Å². The molecular weight excluding hydrogens is 396 g/mol. The van der Waals surface area contributed by atoms with E-state index >= 15 is 0 Å². The second kappa shape index (κ2) is 7.75. The number of rotatable bonds is 8. The van der Waals surface area contributed by atoms with E-state index in [2.05, 4.69) is 9.97 Å². The van der Waals surface area contributed by atoms with Gasteiger partial charge in [0.2, 0.25) is 5.72 Å². The second-order valence-electron chi connectivity index (χ2n) is 7.84. The smallest absolute Gasteiger partial charge is 0.303 e. The summed E-state index contributed by atoms with van der Waals surface area (Å²) in [4.78, 5) is 19.1. The number of nitrogen functional groups attached to an aromatic ring is 1. The molecule has 3 atom stereocenters. The van der Waals surface area contributed by atoms with Gasteiger partial charge in [-0.1, -0.05) is 0 Å². The van der Waals surface area contributed by atoms with Crippen molar-refractivity contribution < 1.29 is 24.1 Å². The third-order valence-electron chi connectivity index (χ3n) is 5.25. The lowest BCUT2D eigenvalue weighted by molar-refractivity contribution is -0.203. The predicted molar refractivity (Wildman–Crippen MR) is 109 cm³/mol. The van der Waals surface area contributed by atoms with Crippen molar-refractivity contribution in [2.75, 3.05) is 23.8 Å². The Bertz CT molecular complexity index is 904. The van der Waals surface area contributed by atoms with E-state index in [4.69, 9.17) is 25.1 Å². The maximum Gasteiger partial charge on any atom is 0.303 e. The fourth-order valence-electron chi connectivity index (χ4n) is 4.04. The summed E-state index contributed by atoms with van der Waals surface area (Å²) in [5.41, 5.74) is 5.87. The van der Waals surface area contributed by atoms with Crippen LogP contribution in [0.2, 0.25) is 0 Å². The molecule has 2 fully saturated rings. The molecule has 4 heterocycles. The second-order valence-corrected chi connectivity index (χ2v) is 8.99. The summed E-state index contributed by atoms with van der Waals surface area (Å²) >= 11 is 1.74. The molecule has 0 radical (unpaired) electrons. The Morgan fingerprint density at radius 2 is 2.24 bits per heavy atom. The number of ether oxygens (including phenoxy) is 3. The number of carbonyl (C=O) groups is 1. The third kappa shape index (κ3) is 3.81. The van der Waals surface area contributed by atoms with E-state index < -0.39 is 17.5 Å². The molecule has 10 heteroatoms. The Kier molecular flexibility index (Phi) is 5.45. The minimum Gasteiger partial charge on any atom is -0.481 e. The van der Waals surface area contributed by atoms with Crippen molar-refractivity contribution in [2.24, 2.45) is 0 Å². The molecule has 3 N–H and O–H groups in total. The van der Waals surface area contributed by atoms with Crippen LogP contribution in [0.25, 0.3) is 11.0 Å². The Balaban J connectivity index is 1.50. The van der Waals surface area contributed by atoms with E-state index in [1.165, 1.54) is 6.33 Å². The highest BCUT2D eigenvalue weighted by molar-refractivity contribution is 7.99. The lowest BCUT2D eigenvalue weighted by atomic mass is 10.1. The van der Waals surface area contributed by atoms with Crippen LogP contribution in [0.1, 0.15) is 33.1 Å². The molecule has 0 bridgehead atoms. The van der Waals surface area contributed by atoms with Crippen molar-refractivity contribution in [2.45, 2.75) is 56.8 Å². The van der Waals surface area contributed by atoms with Gasteiger partial charge in [0.1, 0.15) is 23.9 Å². The topological polar surface area (TPSA) is 122 Å². The van der Waals surface area contributed by atoms with Crippen LogP contribution in [0.3, 0.4) is 0 Å². The maximum atomic E-state index is 10.6. The summed E-state index contributed by atoms with van der Waals surface area (Å²) in [5.74, 6) is 0.546. The van der Waals surface area contributed by atoms with E-state index in [-0.39, 0.29) is 18.6 Å². The number of thioether (sulfide) groups is 1. The first kappa shape index (κ1) is 20.4. The zero-order chi connectivity index (χ0) is 20.6. The number of aromatic nitrogens is 3. The van der Waals surface area contributed by atoms with Gasteiger partial charge < -0.3 is 25.1 Å². The summed E-state index contributed by atoms with van der Waals surface area (Å²) in [7, 11) is 0. The van der Waals surface area contributed by atoms with Gasteiger partial charge in [0.05, 0.1) is 18.1 Å². The third-order valence-corrected chi connectivity index (χ3v) is 6.39. The van der Waals surface area contributed by atoms with Crippen molar-refractivity contribution in [3.8, 4) is 0 Å². The Hall–Kier alpha value is -1.88. The normalized spacial score (nSPS) is 28.1. The van der Waals surface area contributed by atoms with Gasteiger partial charge >= 0.3 is 5.97 Å². The molecule has 2 aromatic rings. The zero-order valence-corrected chi connectivity index (χ0v) is 17.4. The monoisotopic (exact) mass is 422 g/mol. The SMILES string of the molecule is CC1(C)O[C@@H]2[C@@H](CSCCCCC(=O)O)OC[C@]2(n2ccc3c(N)ncnc32)O1. The number of nitrogens with zero attached hydrogens (tertiary/aromatic N) is 3. The molecule has 0 saturated carbocycles. The first-order valence-corrected chi connectivity index (χ1v) is 10.8. The van der Waals surface area contributed by atoms with E-state index in [9.17, 15) is 4.79 Å². The highest BCUT2D eigenvalue weighted by Gasteiger charge is 2.62. The molecule has 4 rings (SSSR count). The van der Waals surface area contributed by atoms with E-state index in [0.717, 1.165) is 23.3 Å². The van der Waals surface area contributed by atoms with Crippen LogP contribution in [0.4, 0.5) is 5.82 Å². The van der Waals surface area contributed by atoms with Crippen LogP contribution in [-0.2, 0) is 24.7 Å². The minimum absolute atomic E-state index is 0.141. The Morgan fingerprint density at radius 3 is 3.03 bits per heavy atom. The fourth-order valence-corrected chi connectivity index (χ4v) is 5.12. The maximum absolute atomic E-state index is 10.6. The van der Waals surface area contributed by atoms with Gasteiger partial charge in [-0.05, 0) is 38.5 Å². The van der Waals surface area contributed by atoms with E-state index in [0.29, 0.717) is 24.5 Å². The number of anilines is 1. The lowest BCUT2D eigenvalue weighted by Gasteiger charge is -2.29. The molecule has 2 aliphatic heterocycles. The fraction of sp³-hybridized carbons (Fsp3) is 0.632. The van der Waals surface area contributed by atoms with Gasteiger partial charge in [0.25, 0.3) is 0 Å². The van der Waals surface area contributed by atoms with Gasteiger partial charge in [-0.25, -0.2) is 9.97 Å². The number of aliphatic carboxylic acids is 1. The number of carboxylic acids is 1. The molecule has 2 saturated heterocycles. The number of nitrogens with two attached hydrogens (primary N) is 1. The first-order chi connectivity index (χ1) is 13.8. The molecular formula is C19H26N4O5S. The van der Waals surface area contributed by atoms with E-state index in [1.807, 2.05) is 30.7 Å². The van der Waals surface area contributed by atoms with Crippen LogP contribution >= 0.6 is 11.8 Å². The highest BCUT2D eigenvalue weighted by Crippen LogP contribution is 2.48. The average molecular weight is 423 g/mol. The van der Waals surface area contributed by atoms with Gasteiger partial charge in [-0.2, -0.15) is 11.8 Å². The molecule has 0 aromatic carbocycles. The largest absolute Gasteiger partial charge is 0.481 e. The molecule has 0 aliphatic carbocycles. The first-order valence-electron chi connectivity index (χ1n) is 9.69. The van der Waals surface area contributed by atoms with Crippen LogP contribution in [0.5, 0.6) is 0 Å². The van der Waals surface area contributed by atoms with Crippen molar-refractivity contribution in [1.29, 1.82) is 0 Å². The van der Waals surface area contributed by atoms with Crippen LogP contribution in [-0.4, -0.2) is 61.7 Å². The molecule has 158 valence electrons. The highest BCUT2D eigenvalue weighted by atomic mass is 32.2. The van der Waals surface area contributed by atoms with Gasteiger partial charge in [0, 0.05) is 18.4 Å². The van der Waals surface area contributed by atoms with Crippen molar-refractivity contribution in [3.05, 3.63) is 18.6 Å². The standard InChI is InChI=1S/C19H26N4O5S/c1-18(2)27-15-13(9-29-8-4-3-5-14(24)25)26-10-19(15,28-18)23-7-6-12-16(20)21-11-22-17(12)23/h6-7,11,13,15H,3-5,8-10H2,1-2H3,(H,24,25)(H2,20,21,22)/t13-,15-,19+/m1/s1. The number of fused-ring (bicyclic) bond motifs is 2. The summed E-state index contributed by atoms with van der Waals surface area (Å²) in [6.07, 6.45) is 4.67. The van der Waals surface area contributed by atoms with Crippen LogP contribution < -0.4 is 5.73 Å². The molecule has 0 amide bonds. The average Bonchev–Trinajstić information content (AvgIpc) is 3.29. The van der Waals surface area contributed by atoms with E-state index in [1.54, 1.807) is 11.8 Å². The predicted octanol–water partition coefficient (Wildman–Crippen LogP) is 2.20. The molecule has 2 aromatic heterocycles. The van der Waals surface area contributed by atoms with Crippen molar-refractivity contribution in [3.63, 3.8) is 0 Å². The van der Waals surface area contributed by atoms with Gasteiger partial charge in [-0.3, -0.25) is 9.36 Å². The van der Waals surface area contributed by atoms with Crippen LogP contribution in [0, 0.1) is 0 Å². The zero-order valence-electron chi connectivity index (χ0n) is 16.5. The minimum atomic E-state index is -0.819. The molecule has 29 heavy (non-hydrogen) atoms. The molecule has 0 spiro atoms. The number of carboxylic acid groups (broad SMARTS) is 1. The summed E-state index contributed by atoms with van der Waals surface area (Å²) < 4.78 is 20.7. The summed E-state index contributed by atoms with van der Waals surface area (Å²) in [6, 6.07) is 1.88. The molecule has 0 unspecified atom stereocenters. The number of unbranched alkanes of at least 4 members (excludes halogenated alkanes) is 1. The summed E-state index contributed by atoms with van der Waals surface area (Å²) in [5, 5.41) is 9.50. The van der Waals surface area contributed by atoms with Gasteiger partial charge in [0.15, 0.2) is 5.79 Å². The number of hydrogen-bond donors (Lipinski definition) is 2.